The molecule has 0 aliphatic carbocycles. The van der Waals surface area contributed by atoms with Gasteiger partial charge in [-0.1, -0.05) is 29.8 Å². The van der Waals surface area contributed by atoms with E-state index in [1.807, 2.05) is 11.0 Å². The zero-order chi connectivity index (χ0) is 21.0. The monoisotopic (exact) mass is 433 g/mol. The minimum atomic E-state index is -3.72. The summed E-state index contributed by atoms with van der Waals surface area (Å²) in [7, 11) is -2.39. The molecule has 0 amide bonds. The SMILES string of the molecule is COC(=O)[C@@H](c1ccc(Cl)cc1)N1CCN(S(=O)(=O)c2cccc(C#N)c2)CC1. The second-order valence-electron chi connectivity index (χ2n) is 6.56. The van der Waals surface area contributed by atoms with E-state index in [0.717, 1.165) is 5.56 Å². The van der Waals surface area contributed by atoms with Crippen LogP contribution in [-0.2, 0) is 19.6 Å². The van der Waals surface area contributed by atoms with E-state index >= 15 is 0 Å². The Kier molecular flexibility index (Phi) is 6.55. The third-order valence-electron chi connectivity index (χ3n) is 4.85. The van der Waals surface area contributed by atoms with Crippen molar-refractivity contribution in [3.05, 3.63) is 64.7 Å². The second-order valence-corrected chi connectivity index (χ2v) is 8.93. The van der Waals surface area contributed by atoms with Gasteiger partial charge in [-0.25, -0.2) is 13.2 Å². The van der Waals surface area contributed by atoms with Gasteiger partial charge in [-0.2, -0.15) is 9.57 Å². The van der Waals surface area contributed by atoms with E-state index in [1.54, 1.807) is 36.4 Å². The lowest BCUT2D eigenvalue weighted by Crippen LogP contribution is -2.51. The van der Waals surface area contributed by atoms with Crippen molar-refractivity contribution in [2.45, 2.75) is 10.9 Å². The van der Waals surface area contributed by atoms with E-state index < -0.39 is 22.0 Å². The summed E-state index contributed by atoms with van der Waals surface area (Å²) in [4.78, 5) is 14.4. The molecule has 9 heteroatoms. The summed E-state index contributed by atoms with van der Waals surface area (Å²) in [5.74, 6) is -0.412. The van der Waals surface area contributed by atoms with E-state index in [9.17, 15) is 13.2 Å². The summed E-state index contributed by atoms with van der Waals surface area (Å²) in [5, 5.41) is 9.58. The number of ether oxygens (including phenoxy) is 1. The van der Waals surface area contributed by atoms with Crippen molar-refractivity contribution >= 4 is 27.6 Å². The number of rotatable bonds is 5. The molecule has 1 fully saturated rings. The number of piperazine rings is 1. The molecule has 1 aliphatic heterocycles. The maximum atomic E-state index is 12.9. The number of benzene rings is 2. The molecule has 0 saturated carbocycles. The Morgan fingerprint density at radius 2 is 1.79 bits per heavy atom. The average molecular weight is 434 g/mol. The molecule has 1 heterocycles. The van der Waals surface area contributed by atoms with Gasteiger partial charge in [-0.15, -0.1) is 0 Å². The van der Waals surface area contributed by atoms with Crippen molar-refractivity contribution in [3.63, 3.8) is 0 Å². The Bertz CT molecular complexity index is 1030. The standard InChI is InChI=1S/C20H20ClN3O4S/c1-28-20(25)19(16-5-7-17(21)8-6-16)23-9-11-24(12-10-23)29(26,27)18-4-2-3-15(13-18)14-22/h2-8,13,19H,9-12H2,1H3/t19-/m1/s1. The highest BCUT2D eigenvalue weighted by Gasteiger charge is 2.35. The van der Waals surface area contributed by atoms with Gasteiger partial charge in [-0.05, 0) is 35.9 Å². The zero-order valence-electron chi connectivity index (χ0n) is 15.8. The number of hydrogen-bond donors (Lipinski definition) is 0. The van der Waals surface area contributed by atoms with Crippen molar-refractivity contribution in [2.75, 3.05) is 33.3 Å². The van der Waals surface area contributed by atoms with E-state index in [1.165, 1.54) is 23.5 Å². The number of carbonyl (C=O) groups is 1. The Labute approximate surface area is 175 Å². The van der Waals surface area contributed by atoms with Gasteiger partial charge in [0.2, 0.25) is 10.0 Å². The Hall–Kier alpha value is -2.44. The van der Waals surface area contributed by atoms with Crippen molar-refractivity contribution in [3.8, 4) is 6.07 Å². The van der Waals surface area contributed by atoms with Crippen LogP contribution in [0.15, 0.2) is 53.4 Å². The molecule has 0 unspecified atom stereocenters. The van der Waals surface area contributed by atoms with E-state index in [4.69, 9.17) is 21.6 Å². The number of nitrogens with zero attached hydrogens (tertiary/aromatic N) is 3. The van der Waals surface area contributed by atoms with Crippen molar-refractivity contribution < 1.29 is 17.9 Å². The van der Waals surface area contributed by atoms with Crippen molar-refractivity contribution in [1.29, 1.82) is 5.26 Å². The number of hydrogen-bond acceptors (Lipinski definition) is 6. The van der Waals surface area contributed by atoms with Crippen LogP contribution in [-0.4, -0.2) is 56.9 Å². The summed E-state index contributed by atoms with van der Waals surface area (Å²) >= 11 is 5.94. The third-order valence-corrected chi connectivity index (χ3v) is 7.00. The van der Waals surface area contributed by atoms with Gasteiger partial charge in [-0.3, -0.25) is 4.90 Å². The highest BCUT2D eigenvalue weighted by atomic mass is 35.5. The predicted octanol–water partition coefficient (Wildman–Crippen LogP) is 2.43. The average Bonchev–Trinajstić information content (AvgIpc) is 2.75. The molecule has 7 nitrogen and oxygen atoms in total. The maximum absolute atomic E-state index is 12.9. The molecule has 1 atom stereocenters. The van der Waals surface area contributed by atoms with Crippen LogP contribution in [0.5, 0.6) is 0 Å². The molecule has 0 radical (unpaired) electrons. The molecule has 1 aliphatic rings. The highest BCUT2D eigenvalue weighted by molar-refractivity contribution is 7.89. The van der Waals surface area contributed by atoms with Gasteiger partial charge < -0.3 is 4.74 Å². The van der Waals surface area contributed by atoms with E-state index in [-0.39, 0.29) is 18.0 Å². The molecule has 0 spiro atoms. The van der Waals surface area contributed by atoms with E-state index in [0.29, 0.717) is 23.7 Å². The molecule has 2 aromatic rings. The fourth-order valence-corrected chi connectivity index (χ4v) is 4.92. The molecule has 0 N–H and O–H groups in total. The molecular formula is C20H20ClN3O4S. The Morgan fingerprint density at radius 1 is 1.14 bits per heavy atom. The van der Waals surface area contributed by atoms with Crippen LogP contribution in [0.25, 0.3) is 0 Å². The first kappa shape index (κ1) is 21.3. The predicted molar refractivity (Wildman–Crippen MR) is 108 cm³/mol. The summed E-state index contributed by atoms with van der Waals surface area (Å²) < 4.78 is 32.2. The quantitative estimate of drug-likeness (QED) is 0.672. The third kappa shape index (κ3) is 4.60. The number of methoxy groups -OCH3 is 1. The maximum Gasteiger partial charge on any atom is 0.327 e. The largest absolute Gasteiger partial charge is 0.468 e. The van der Waals surface area contributed by atoms with E-state index in [2.05, 4.69) is 0 Å². The Balaban J connectivity index is 1.78. The smallest absolute Gasteiger partial charge is 0.327 e. The van der Waals surface area contributed by atoms with Gasteiger partial charge in [0.1, 0.15) is 6.04 Å². The van der Waals surface area contributed by atoms with Crippen LogP contribution in [0.3, 0.4) is 0 Å². The van der Waals surface area contributed by atoms with Gasteiger partial charge in [0.15, 0.2) is 0 Å². The molecule has 0 bridgehead atoms. The van der Waals surface area contributed by atoms with Gasteiger partial charge >= 0.3 is 5.97 Å². The van der Waals surface area contributed by atoms with Crippen LogP contribution in [0, 0.1) is 11.3 Å². The lowest BCUT2D eigenvalue weighted by atomic mass is 10.0. The van der Waals surface area contributed by atoms with Crippen LogP contribution < -0.4 is 0 Å². The molecule has 29 heavy (non-hydrogen) atoms. The van der Waals surface area contributed by atoms with Crippen molar-refractivity contribution in [2.24, 2.45) is 0 Å². The lowest BCUT2D eigenvalue weighted by molar-refractivity contribution is -0.147. The first-order chi connectivity index (χ1) is 13.9. The molecule has 152 valence electrons. The normalized spacial score (nSPS) is 16.7. The van der Waals surface area contributed by atoms with Crippen LogP contribution in [0.1, 0.15) is 17.2 Å². The first-order valence-corrected chi connectivity index (χ1v) is 10.8. The summed E-state index contributed by atoms with van der Waals surface area (Å²) in [6.45, 7) is 1.17. The summed E-state index contributed by atoms with van der Waals surface area (Å²) in [6, 6.07) is 14.2. The number of sulfonamides is 1. The second kappa shape index (κ2) is 8.93. The van der Waals surface area contributed by atoms with Crippen LogP contribution in [0.2, 0.25) is 5.02 Å². The number of halogens is 1. The fraction of sp³-hybridized carbons (Fsp3) is 0.300. The molecule has 3 rings (SSSR count). The molecule has 0 aromatic heterocycles. The lowest BCUT2D eigenvalue weighted by Gasteiger charge is -2.37. The van der Waals surface area contributed by atoms with Crippen molar-refractivity contribution in [1.82, 2.24) is 9.21 Å². The van der Waals surface area contributed by atoms with Gasteiger partial charge in [0.05, 0.1) is 23.6 Å². The molecule has 1 saturated heterocycles. The first-order valence-electron chi connectivity index (χ1n) is 8.94. The zero-order valence-corrected chi connectivity index (χ0v) is 17.4. The van der Waals surface area contributed by atoms with Crippen LogP contribution in [0.4, 0.5) is 0 Å². The summed E-state index contributed by atoms with van der Waals surface area (Å²) in [6.07, 6.45) is 0. The van der Waals surface area contributed by atoms with Crippen LogP contribution >= 0.6 is 11.6 Å². The topological polar surface area (TPSA) is 90.7 Å². The Morgan fingerprint density at radius 3 is 2.38 bits per heavy atom. The number of esters is 1. The number of carbonyl (C=O) groups excluding carboxylic acids is 1. The fourth-order valence-electron chi connectivity index (χ4n) is 3.33. The number of nitriles is 1. The minimum absolute atomic E-state index is 0.0900. The molecule has 2 aromatic carbocycles. The minimum Gasteiger partial charge on any atom is -0.468 e. The molecular weight excluding hydrogens is 414 g/mol. The highest BCUT2D eigenvalue weighted by Crippen LogP contribution is 2.27. The van der Waals surface area contributed by atoms with Gasteiger partial charge in [0.25, 0.3) is 0 Å². The summed E-state index contributed by atoms with van der Waals surface area (Å²) in [5.41, 5.74) is 1.03. The van der Waals surface area contributed by atoms with Gasteiger partial charge in [0, 0.05) is 31.2 Å².